The van der Waals surface area contributed by atoms with E-state index in [0.717, 1.165) is 17.7 Å². The molecule has 138 valence electrons. The van der Waals surface area contributed by atoms with E-state index in [1.165, 1.54) is 12.1 Å². The van der Waals surface area contributed by atoms with Gasteiger partial charge in [-0.05, 0) is 55.0 Å². The van der Waals surface area contributed by atoms with Crippen LogP contribution in [0.2, 0.25) is 0 Å². The summed E-state index contributed by atoms with van der Waals surface area (Å²) in [7, 11) is 0. The molecular weight excluding hydrogens is 345 g/mol. The molecular formula is C19H19F3N2O2. The normalized spacial score (nSPS) is 10.9. The first-order valence-electron chi connectivity index (χ1n) is 7.82. The maximum Gasteiger partial charge on any atom is 0.416 e. The molecule has 0 aliphatic carbocycles. The van der Waals surface area contributed by atoms with Crippen molar-refractivity contribution in [3.05, 3.63) is 66.2 Å². The number of amides is 1. The first-order valence-corrected chi connectivity index (χ1v) is 7.82. The molecule has 0 saturated carbocycles. The summed E-state index contributed by atoms with van der Waals surface area (Å²) in [5.41, 5.74) is 0.901. The first-order chi connectivity index (χ1) is 12.2. The van der Waals surface area contributed by atoms with Gasteiger partial charge >= 0.3 is 6.18 Å². The summed E-state index contributed by atoms with van der Waals surface area (Å²) in [6.45, 7) is 5.85. The SMILES string of the molecule is C=C(C)COc1ccc(NC(=O)CNc2cccc(C(F)(F)F)c2)cc1. The van der Waals surface area contributed by atoms with Crippen molar-refractivity contribution in [2.75, 3.05) is 23.8 Å². The molecule has 0 aromatic heterocycles. The summed E-state index contributed by atoms with van der Waals surface area (Å²) in [5, 5.41) is 5.33. The van der Waals surface area contributed by atoms with Gasteiger partial charge in [0.05, 0.1) is 12.1 Å². The van der Waals surface area contributed by atoms with E-state index in [-0.39, 0.29) is 18.1 Å². The third kappa shape index (κ3) is 6.16. The van der Waals surface area contributed by atoms with Crippen molar-refractivity contribution in [1.82, 2.24) is 0 Å². The van der Waals surface area contributed by atoms with Gasteiger partial charge in [0.15, 0.2) is 0 Å². The second-order valence-electron chi connectivity index (χ2n) is 5.75. The lowest BCUT2D eigenvalue weighted by atomic mass is 10.2. The van der Waals surface area contributed by atoms with Gasteiger partial charge in [-0.3, -0.25) is 4.79 Å². The number of hydrogen-bond donors (Lipinski definition) is 2. The summed E-state index contributed by atoms with van der Waals surface area (Å²) in [4.78, 5) is 11.9. The predicted molar refractivity (Wildman–Crippen MR) is 95.3 cm³/mol. The first kappa shape index (κ1) is 19.4. The smallest absolute Gasteiger partial charge is 0.416 e. The van der Waals surface area contributed by atoms with Gasteiger partial charge in [0.2, 0.25) is 5.91 Å². The summed E-state index contributed by atoms with van der Waals surface area (Å²) >= 11 is 0. The average Bonchev–Trinajstić information content (AvgIpc) is 2.59. The Bertz CT molecular complexity index is 771. The number of benzene rings is 2. The number of nitrogens with one attached hydrogen (secondary N) is 2. The van der Waals surface area contributed by atoms with Crippen LogP contribution in [0.15, 0.2) is 60.7 Å². The lowest BCUT2D eigenvalue weighted by Crippen LogP contribution is -2.21. The minimum absolute atomic E-state index is 0.158. The zero-order valence-corrected chi connectivity index (χ0v) is 14.2. The van der Waals surface area contributed by atoms with Crippen molar-refractivity contribution in [3.63, 3.8) is 0 Å². The highest BCUT2D eigenvalue weighted by molar-refractivity contribution is 5.93. The van der Waals surface area contributed by atoms with E-state index in [4.69, 9.17) is 4.74 Å². The largest absolute Gasteiger partial charge is 0.489 e. The highest BCUT2D eigenvalue weighted by Crippen LogP contribution is 2.30. The van der Waals surface area contributed by atoms with Crippen LogP contribution >= 0.6 is 0 Å². The summed E-state index contributed by atoms with van der Waals surface area (Å²) in [5.74, 6) is 0.270. The van der Waals surface area contributed by atoms with E-state index in [1.54, 1.807) is 24.3 Å². The number of carbonyl (C=O) groups excluding carboxylic acids is 1. The third-order valence-corrected chi connectivity index (χ3v) is 3.27. The Hall–Kier alpha value is -2.96. The molecule has 4 nitrogen and oxygen atoms in total. The summed E-state index contributed by atoms with van der Waals surface area (Å²) in [6.07, 6.45) is -4.42. The second kappa shape index (κ2) is 8.42. The zero-order chi connectivity index (χ0) is 19.2. The van der Waals surface area contributed by atoms with E-state index < -0.39 is 11.7 Å². The fourth-order valence-electron chi connectivity index (χ4n) is 2.03. The molecule has 0 aliphatic rings. The molecule has 0 atom stereocenters. The molecule has 0 unspecified atom stereocenters. The Morgan fingerprint density at radius 2 is 1.81 bits per heavy atom. The minimum atomic E-state index is -4.42. The number of hydrogen-bond acceptors (Lipinski definition) is 3. The van der Waals surface area contributed by atoms with Gasteiger partial charge in [-0.15, -0.1) is 0 Å². The fourth-order valence-corrected chi connectivity index (χ4v) is 2.03. The molecule has 0 radical (unpaired) electrons. The van der Waals surface area contributed by atoms with Crippen molar-refractivity contribution in [2.24, 2.45) is 0 Å². The van der Waals surface area contributed by atoms with E-state index in [9.17, 15) is 18.0 Å². The van der Waals surface area contributed by atoms with Crippen LogP contribution in [0.3, 0.4) is 0 Å². The maximum absolute atomic E-state index is 12.7. The molecule has 2 aromatic rings. The van der Waals surface area contributed by atoms with Crippen LogP contribution in [-0.2, 0) is 11.0 Å². The number of alkyl halides is 3. The standard InChI is InChI=1S/C19H19F3N2O2/c1-13(2)12-26-17-8-6-15(7-9-17)24-18(25)11-23-16-5-3-4-14(10-16)19(20,21)22/h3-10,23H,1,11-12H2,2H3,(H,24,25). The van der Waals surface area contributed by atoms with Gasteiger partial charge in [0.25, 0.3) is 0 Å². The molecule has 0 aliphatic heterocycles. The average molecular weight is 364 g/mol. The van der Waals surface area contributed by atoms with Gasteiger partial charge in [0.1, 0.15) is 12.4 Å². The van der Waals surface area contributed by atoms with Gasteiger partial charge in [0, 0.05) is 11.4 Å². The van der Waals surface area contributed by atoms with Crippen LogP contribution in [0.1, 0.15) is 12.5 Å². The molecule has 2 aromatic carbocycles. The maximum atomic E-state index is 12.7. The molecule has 0 saturated heterocycles. The summed E-state index contributed by atoms with van der Waals surface area (Å²) in [6, 6.07) is 11.5. The topological polar surface area (TPSA) is 50.4 Å². The van der Waals surface area contributed by atoms with Crippen LogP contribution in [0.5, 0.6) is 5.75 Å². The van der Waals surface area contributed by atoms with Gasteiger partial charge < -0.3 is 15.4 Å². The molecule has 0 spiro atoms. The zero-order valence-electron chi connectivity index (χ0n) is 14.2. The molecule has 0 heterocycles. The quantitative estimate of drug-likeness (QED) is 0.700. The minimum Gasteiger partial charge on any atom is -0.489 e. The molecule has 26 heavy (non-hydrogen) atoms. The fraction of sp³-hybridized carbons (Fsp3) is 0.211. The van der Waals surface area contributed by atoms with E-state index in [2.05, 4.69) is 17.2 Å². The highest BCUT2D eigenvalue weighted by Gasteiger charge is 2.30. The van der Waals surface area contributed by atoms with Crippen LogP contribution < -0.4 is 15.4 Å². The number of halogens is 3. The van der Waals surface area contributed by atoms with Gasteiger partial charge in [-0.2, -0.15) is 13.2 Å². The second-order valence-corrected chi connectivity index (χ2v) is 5.75. The van der Waals surface area contributed by atoms with Gasteiger partial charge in [-0.1, -0.05) is 12.6 Å². The molecule has 2 N–H and O–H groups in total. The van der Waals surface area contributed by atoms with Crippen molar-refractivity contribution in [1.29, 1.82) is 0 Å². The van der Waals surface area contributed by atoms with E-state index in [0.29, 0.717) is 18.0 Å². The Labute approximate surface area is 149 Å². The number of carbonyl (C=O) groups is 1. The van der Waals surface area contributed by atoms with Crippen LogP contribution in [0.4, 0.5) is 24.5 Å². The molecule has 0 fully saturated rings. The number of ether oxygens (including phenoxy) is 1. The molecule has 2 rings (SSSR count). The van der Waals surface area contributed by atoms with Crippen molar-refractivity contribution >= 4 is 17.3 Å². The Morgan fingerprint density at radius 1 is 1.12 bits per heavy atom. The monoisotopic (exact) mass is 364 g/mol. The lowest BCUT2D eigenvalue weighted by molar-refractivity contribution is -0.137. The van der Waals surface area contributed by atoms with Crippen LogP contribution in [0, 0.1) is 0 Å². The van der Waals surface area contributed by atoms with Crippen LogP contribution in [-0.4, -0.2) is 19.1 Å². The Morgan fingerprint density at radius 3 is 2.42 bits per heavy atom. The Kier molecular flexibility index (Phi) is 6.27. The lowest BCUT2D eigenvalue weighted by Gasteiger charge is -2.11. The summed E-state index contributed by atoms with van der Waals surface area (Å²) < 4.78 is 43.4. The Balaban J connectivity index is 1.86. The van der Waals surface area contributed by atoms with E-state index in [1.807, 2.05) is 6.92 Å². The number of rotatable bonds is 7. The van der Waals surface area contributed by atoms with Crippen molar-refractivity contribution in [2.45, 2.75) is 13.1 Å². The van der Waals surface area contributed by atoms with Gasteiger partial charge in [-0.25, -0.2) is 0 Å². The molecule has 0 bridgehead atoms. The van der Waals surface area contributed by atoms with Crippen LogP contribution in [0.25, 0.3) is 0 Å². The van der Waals surface area contributed by atoms with Crippen molar-refractivity contribution in [3.8, 4) is 5.75 Å². The van der Waals surface area contributed by atoms with Crippen molar-refractivity contribution < 1.29 is 22.7 Å². The third-order valence-electron chi connectivity index (χ3n) is 3.27. The molecule has 1 amide bonds. The highest BCUT2D eigenvalue weighted by atomic mass is 19.4. The van der Waals surface area contributed by atoms with E-state index >= 15 is 0 Å². The molecule has 7 heteroatoms. The predicted octanol–water partition coefficient (Wildman–Crippen LogP) is 4.71. The number of anilines is 2.